The van der Waals surface area contributed by atoms with Crippen LogP contribution in [0.1, 0.15) is 15.9 Å². The number of amides is 1. The summed E-state index contributed by atoms with van der Waals surface area (Å²) in [6.45, 7) is 0.265. The van der Waals surface area contributed by atoms with Gasteiger partial charge in [0.2, 0.25) is 0 Å². The van der Waals surface area contributed by atoms with Gasteiger partial charge in [-0.25, -0.2) is 4.39 Å². The summed E-state index contributed by atoms with van der Waals surface area (Å²) in [4.78, 5) is 11.5. The van der Waals surface area contributed by atoms with Crippen LogP contribution in [0.25, 0.3) is 0 Å². The van der Waals surface area contributed by atoms with Crippen LogP contribution in [0.3, 0.4) is 0 Å². The molecule has 0 saturated heterocycles. The Balaban J connectivity index is 2.11. The van der Waals surface area contributed by atoms with Crippen molar-refractivity contribution in [2.24, 2.45) is 0 Å². The third kappa shape index (κ3) is 3.06. The molecule has 0 radical (unpaired) electrons. The van der Waals surface area contributed by atoms with Gasteiger partial charge in [-0.2, -0.15) is 0 Å². The minimum atomic E-state index is -0.650. The first-order valence-corrected chi connectivity index (χ1v) is 6.14. The molecule has 0 bridgehead atoms. The Morgan fingerprint density at radius 1 is 1.25 bits per heavy atom. The number of benzene rings is 2. The van der Waals surface area contributed by atoms with Gasteiger partial charge in [0, 0.05) is 30.4 Å². The maximum absolute atomic E-state index is 13.2. The highest BCUT2D eigenvalue weighted by Crippen LogP contribution is 2.22. The Bertz CT molecular complexity index is 629. The summed E-state index contributed by atoms with van der Waals surface area (Å²) in [5.74, 6) is -1.19. The lowest BCUT2D eigenvalue weighted by Gasteiger charge is -2.09. The molecule has 20 heavy (non-hydrogen) atoms. The van der Waals surface area contributed by atoms with E-state index in [0.29, 0.717) is 11.1 Å². The molecule has 2 aromatic carbocycles. The molecule has 0 aliphatic rings. The molecule has 0 unspecified atom stereocenters. The third-order valence-electron chi connectivity index (χ3n) is 2.91. The molecule has 0 aliphatic carbocycles. The van der Waals surface area contributed by atoms with Crippen molar-refractivity contribution in [2.75, 3.05) is 12.4 Å². The fraction of sp³-hybridized carbons (Fsp3) is 0.133. The number of anilines is 1. The predicted molar refractivity (Wildman–Crippen MR) is 75.2 cm³/mol. The Hall–Kier alpha value is -2.56. The lowest BCUT2D eigenvalue weighted by molar-refractivity contribution is 0.0963. The van der Waals surface area contributed by atoms with E-state index in [-0.39, 0.29) is 18.2 Å². The van der Waals surface area contributed by atoms with E-state index in [2.05, 4.69) is 10.6 Å². The SMILES string of the molecule is CNC(=O)c1cccc(NCc2cccc(F)c2O)c1. The summed E-state index contributed by atoms with van der Waals surface area (Å²) in [5, 5.41) is 15.2. The quantitative estimate of drug-likeness (QED) is 0.802. The summed E-state index contributed by atoms with van der Waals surface area (Å²) in [5.41, 5.74) is 1.70. The molecule has 0 heterocycles. The summed E-state index contributed by atoms with van der Waals surface area (Å²) >= 11 is 0. The maximum atomic E-state index is 13.2. The molecular formula is C15H15FN2O2. The molecule has 2 aromatic rings. The van der Waals surface area contributed by atoms with Gasteiger partial charge < -0.3 is 15.7 Å². The van der Waals surface area contributed by atoms with Gasteiger partial charge in [0.1, 0.15) is 0 Å². The summed E-state index contributed by atoms with van der Waals surface area (Å²) in [7, 11) is 1.56. The highest BCUT2D eigenvalue weighted by atomic mass is 19.1. The Morgan fingerprint density at radius 3 is 2.75 bits per heavy atom. The van der Waals surface area contributed by atoms with Crippen LogP contribution in [0, 0.1) is 5.82 Å². The maximum Gasteiger partial charge on any atom is 0.251 e. The fourth-order valence-electron chi connectivity index (χ4n) is 1.81. The van der Waals surface area contributed by atoms with Crippen LogP contribution >= 0.6 is 0 Å². The van der Waals surface area contributed by atoms with Crippen LogP contribution in [0.4, 0.5) is 10.1 Å². The van der Waals surface area contributed by atoms with Crippen molar-refractivity contribution in [3.63, 3.8) is 0 Å². The van der Waals surface area contributed by atoms with E-state index in [1.807, 2.05) is 0 Å². The lowest BCUT2D eigenvalue weighted by Crippen LogP contribution is -2.17. The van der Waals surface area contributed by atoms with Crippen molar-refractivity contribution in [1.29, 1.82) is 0 Å². The summed E-state index contributed by atoms with van der Waals surface area (Å²) in [6.07, 6.45) is 0. The number of phenols is 1. The van der Waals surface area contributed by atoms with E-state index in [0.717, 1.165) is 5.69 Å². The van der Waals surface area contributed by atoms with Gasteiger partial charge in [-0.05, 0) is 24.3 Å². The van der Waals surface area contributed by atoms with E-state index >= 15 is 0 Å². The Kier molecular flexibility index (Phi) is 4.20. The topological polar surface area (TPSA) is 61.4 Å². The third-order valence-corrected chi connectivity index (χ3v) is 2.91. The molecule has 0 spiro atoms. The molecule has 2 rings (SSSR count). The van der Waals surface area contributed by atoms with Gasteiger partial charge in [0.15, 0.2) is 11.6 Å². The van der Waals surface area contributed by atoms with E-state index in [4.69, 9.17) is 0 Å². The molecule has 0 aromatic heterocycles. The van der Waals surface area contributed by atoms with Gasteiger partial charge in [-0.3, -0.25) is 4.79 Å². The van der Waals surface area contributed by atoms with Crippen LogP contribution in [0.15, 0.2) is 42.5 Å². The molecule has 3 N–H and O–H groups in total. The molecule has 5 heteroatoms. The first-order chi connectivity index (χ1) is 9.61. The number of carbonyl (C=O) groups is 1. The van der Waals surface area contributed by atoms with Crippen LogP contribution in [-0.2, 0) is 6.54 Å². The normalized spacial score (nSPS) is 10.1. The van der Waals surface area contributed by atoms with Crippen molar-refractivity contribution in [1.82, 2.24) is 5.32 Å². The standard InChI is InChI=1S/C15H15FN2O2/c1-17-15(20)10-4-2-6-12(8-10)18-9-11-5-3-7-13(16)14(11)19/h2-8,18-19H,9H2,1H3,(H,17,20). The average Bonchev–Trinajstić information content (AvgIpc) is 2.48. The number of hydrogen-bond donors (Lipinski definition) is 3. The zero-order valence-electron chi connectivity index (χ0n) is 11.0. The Morgan fingerprint density at radius 2 is 2.00 bits per heavy atom. The second-order valence-electron chi connectivity index (χ2n) is 4.26. The molecule has 0 fully saturated rings. The average molecular weight is 274 g/mol. The monoisotopic (exact) mass is 274 g/mol. The lowest BCUT2D eigenvalue weighted by atomic mass is 10.1. The van der Waals surface area contributed by atoms with Gasteiger partial charge >= 0.3 is 0 Å². The second kappa shape index (κ2) is 6.06. The van der Waals surface area contributed by atoms with E-state index in [9.17, 15) is 14.3 Å². The molecule has 1 amide bonds. The van der Waals surface area contributed by atoms with E-state index < -0.39 is 5.82 Å². The van der Waals surface area contributed by atoms with Crippen LogP contribution < -0.4 is 10.6 Å². The first kappa shape index (κ1) is 13.9. The van der Waals surface area contributed by atoms with Crippen molar-refractivity contribution >= 4 is 11.6 Å². The number of phenolic OH excluding ortho intramolecular Hbond substituents is 1. The number of para-hydroxylation sites is 1. The summed E-state index contributed by atoms with van der Waals surface area (Å²) < 4.78 is 13.2. The molecule has 104 valence electrons. The molecule has 4 nitrogen and oxygen atoms in total. The van der Waals surface area contributed by atoms with Crippen molar-refractivity contribution < 1.29 is 14.3 Å². The zero-order valence-corrected chi connectivity index (χ0v) is 11.0. The fourth-order valence-corrected chi connectivity index (χ4v) is 1.81. The number of halogens is 1. The van der Waals surface area contributed by atoms with Crippen molar-refractivity contribution in [2.45, 2.75) is 6.54 Å². The van der Waals surface area contributed by atoms with Gasteiger partial charge in [0.25, 0.3) is 5.91 Å². The Labute approximate surface area is 116 Å². The largest absolute Gasteiger partial charge is 0.505 e. The highest BCUT2D eigenvalue weighted by molar-refractivity contribution is 5.94. The first-order valence-electron chi connectivity index (χ1n) is 6.14. The van der Waals surface area contributed by atoms with E-state index in [1.165, 1.54) is 12.1 Å². The number of aromatic hydroxyl groups is 1. The van der Waals surface area contributed by atoms with Gasteiger partial charge in [0.05, 0.1) is 0 Å². The highest BCUT2D eigenvalue weighted by Gasteiger charge is 2.07. The van der Waals surface area contributed by atoms with Gasteiger partial charge in [-0.15, -0.1) is 0 Å². The molecule has 0 saturated carbocycles. The number of hydrogen-bond acceptors (Lipinski definition) is 3. The smallest absolute Gasteiger partial charge is 0.251 e. The minimum Gasteiger partial charge on any atom is -0.505 e. The van der Waals surface area contributed by atoms with Gasteiger partial charge in [-0.1, -0.05) is 18.2 Å². The van der Waals surface area contributed by atoms with Crippen LogP contribution in [0.5, 0.6) is 5.75 Å². The van der Waals surface area contributed by atoms with Crippen molar-refractivity contribution in [3.05, 3.63) is 59.4 Å². The minimum absolute atomic E-state index is 0.178. The molecule has 0 atom stereocenters. The number of nitrogens with one attached hydrogen (secondary N) is 2. The number of carbonyl (C=O) groups excluding carboxylic acids is 1. The van der Waals surface area contributed by atoms with Crippen molar-refractivity contribution in [3.8, 4) is 5.75 Å². The van der Waals surface area contributed by atoms with Crippen LogP contribution in [0.2, 0.25) is 0 Å². The molecule has 0 aliphatic heterocycles. The van der Waals surface area contributed by atoms with Crippen LogP contribution in [-0.4, -0.2) is 18.1 Å². The zero-order chi connectivity index (χ0) is 14.5. The second-order valence-corrected chi connectivity index (χ2v) is 4.26. The van der Waals surface area contributed by atoms with E-state index in [1.54, 1.807) is 37.4 Å². The molecular weight excluding hydrogens is 259 g/mol. The number of rotatable bonds is 4. The predicted octanol–water partition coefficient (Wildman–Crippen LogP) is 2.50. The summed E-state index contributed by atoms with van der Waals surface area (Å²) in [6, 6.07) is 11.3.